The van der Waals surface area contributed by atoms with E-state index in [1.165, 1.54) is 64.2 Å². The molecule has 0 amide bonds. The van der Waals surface area contributed by atoms with Crippen molar-refractivity contribution in [2.75, 3.05) is 0 Å². The van der Waals surface area contributed by atoms with Crippen molar-refractivity contribution in [3.05, 3.63) is 24.0 Å². The van der Waals surface area contributed by atoms with Gasteiger partial charge in [0.1, 0.15) is 0 Å². The lowest BCUT2D eigenvalue weighted by Crippen LogP contribution is -2.18. The van der Waals surface area contributed by atoms with Crippen LogP contribution in [0.1, 0.15) is 95.3 Å². The Bertz CT molecular complexity index is 448. The number of hydrogen-bond donors (Lipinski definition) is 1. The summed E-state index contributed by atoms with van der Waals surface area (Å²) in [5.41, 5.74) is 0.597. The van der Waals surface area contributed by atoms with Gasteiger partial charge in [-0.15, -0.1) is 0 Å². The van der Waals surface area contributed by atoms with Crippen molar-refractivity contribution in [2.24, 2.45) is 5.41 Å². The summed E-state index contributed by atoms with van der Waals surface area (Å²) in [6.07, 6.45) is 17.0. The molecule has 0 saturated carbocycles. The third-order valence-corrected chi connectivity index (χ3v) is 4.57. The average molecular weight is 322 g/mol. The van der Waals surface area contributed by atoms with Gasteiger partial charge >= 0.3 is 5.97 Å². The number of carboxylic acid groups (broad SMARTS) is 1. The Balaban J connectivity index is 2.13. The number of nitrogens with zero attached hydrogens (tertiary/aromatic N) is 1. The minimum Gasteiger partial charge on any atom is -0.478 e. The van der Waals surface area contributed by atoms with Crippen molar-refractivity contribution < 1.29 is 9.90 Å². The number of unbranched alkanes of at least 4 members (excludes halogenated alkanes) is 8. The second-order valence-corrected chi connectivity index (χ2v) is 7.62. The quantitative estimate of drug-likeness (QED) is 0.444. The van der Waals surface area contributed by atoms with Crippen molar-refractivity contribution in [3.8, 4) is 0 Å². The molecule has 1 aromatic rings. The number of carbonyl (C=O) groups is 1. The minimum atomic E-state index is -0.847. The highest BCUT2D eigenvalue weighted by atomic mass is 16.4. The van der Waals surface area contributed by atoms with Gasteiger partial charge < -0.3 is 9.67 Å². The van der Waals surface area contributed by atoms with Crippen LogP contribution in [0.15, 0.2) is 18.5 Å². The molecule has 0 unspecified atom stereocenters. The minimum absolute atomic E-state index is 0.218. The Labute approximate surface area is 142 Å². The first kappa shape index (κ1) is 19.8. The van der Waals surface area contributed by atoms with Crippen molar-refractivity contribution in [2.45, 2.75) is 91.5 Å². The molecule has 3 nitrogen and oxygen atoms in total. The number of aromatic nitrogens is 1. The fourth-order valence-corrected chi connectivity index (χ4v) is 3.15. The maximum Gasteiger partial charge on any atom is 0.337 e. The van der Waals surface area contributed by atoms with Crippen LogP contribution in [0, 0.1) is 5.41 Å². The van der Waals surface area contributed by atoms with Gasteiger partial charge in [0.15, 0.2) is 0 Å². The van der Waals surface area contributed by atoms with Crippen LogP contribution in [-0.2, 0) is 6.54 Å². The van der Waals surface area contributed by atoms with Gasteiger partial charge in [0.05, 0.1) is 5.56 Å². The molecule has 1 N–H and O–H groups in total. The molecule has 0 spiro atoms. The first-order valence-corrected chi connectivity index (χ1v) is 9.34. The van der Waals surface area contributed by atoms with E-state index in [0.717, 1.165) is 6.54 Å². The van der Waals surface area contributed by atoms with Crippen LogP contribution in [-0.4, -0.2) is 15.6 Å². The Kier molecular flexibility index (Phi) is 9.05. The summed E-state index contributed by atoms with van der Waals surface area (Å²) in [7, 11) is 0. The monoisotopic (exact) mass is 321 g/mol. The predicted molar refractivity (Wildman–Crippen MR) is 97.0 cm³/mol. The standard InChI is InChI=1S/C20H35NO2/c1-4-5-6-7-8-9-10-11-12-14-20(2,3)17-21-15-13-18(16-21)19(22)23/h13,15-16H,4-12,14,17H2,1-3H3,(H,22,23). The third kappa shape index (κ3) is 8.83. The average Bonchev–Trinajstić information content (AvgIpc) is 2.93. The first-order valence-electron chi connectivity index (χ1n) is 9.34. The van der Waals surface area contributed by atoms with Crippen LogP contribution in [0.2, 0.25) is 0 Å². The topological polar surface area (TPSA) is 42.2 Å². The zero-order valence-corrected chi connectivity index (χ0v) is 15.3. The van der Waals surface area contributed by atoms with Gasteiger partial charge in [-0.3, -0.25) is 0 Å². The molecule has 3 heteroatoms. The SMILES string of the molecule is CCCCCCCCCCCC(C)(C)Cn1ccc(C(=O)O)c1. The first-order chi connectivity index (χ1) is 10.9. The number of hydrogen-bond acceptors (Lipinski definition) is 1. The maximum atomic E-state index is 10.9. The van der Waals surface area contributed by atoms with E-state index in [-0.39, 0.29) is 5.41 Å². The van der Waals surface area contributed by atoms with Crippen LogP contribution < -0.4 is 0 Å². The predicted octanol–water partition coefficient (Wildman–Crippen LogP) is 6.13. The van der Waals surface area contributed by atoms with Crippen molar-refractivity contribution in [3.63, 3.8) is 0 Å². The Morgan fingerprint density at radius 3 is 2.13 bits per heavy atom. The molecule has 0 fully saturated rings. The fourth-order valence-electron chi connectivity index (χ4n) is 3.15. The lowest BCUT2D eigenvalue weighted by Gasteiger charge is -2.25. The molecule has 0 aliphatic rings. The van der Waals surface area contributed by atoms with E-state index in [9.17, 15) is 4.79 Å². The lowest BCUT2D eigenvalue weighted by atomic mass is 9.86. The van der Waals surface area contributed by atoms with Gasteiger partial charge in [0.25, 0.3) is 0 Å². The highest BCUT2D eigenvalue weighted by molar-refractivity contribution is 5.87. The Hall–Kier alpha value is -1.25. The van der Waals surface area contributed by atoms with Gasteiger partial charge in [-0.2, -0.15) is 0 Å². The van der Waals surface area contributed by atoms with Gasteiger partial charge in [-0.25, -0.2) is 4.79 Å². The molecule has 1 heterocycles. The summed E-state index contributed by atoms with van der Waals surface area (Å²) in [5.74, 6) is -0.847. The second kappa shape index (κ2) is 10.5. The fraction of sp³-hybridized carbons (Fsp3) is 0.750. The molecule has 0 radical (unpaired) electrons. The zero-order valence-electron chi connectivity index (χ0n) is 15.3. The largest absolute Gasteiger partial charge is 0.478 e. The smallest absolute Gasteiger partial charge is 0.337 e. The summed E-state index contributed by atoms with van der Waals surface area (Å²) in [6.45, 7) is 7.70. The van der Waals surface area contributed by atoms with Crippen LogP contribution in [0.5, 0.6) is 0 Å². The van der Waals surface area contributed by atoms with Gasteiger partial charge in [0, 0.05) is 18.9 Å². The van der Waals surface area contributed by atoms with Crippen LogP contribution in [0.3, 0.4) is 0 Å². The van der Waals surface area contributed by atoms with E-state index in [1.807, 2.05) is 10.8 Å². The van der Waals surface area contributed by atoms with Crippen LogP contribution in [0.25, 0.3) is 0 Å². The van der Waals surface area contributed by atoms with Crippen LogP contribution >= 0.6 is 0 Å². The van der Waals surface area contributed by atoms with E-state index in [2.05, 4.69) is 20.8 Å². The lowest BCUT2D eigenvalue weighted by molar-refractivity contribution is 0.0696. The maximum absolute atomic E-state index is 10.9. The summed E-state index contributed by atoms with van der Waals surface area (Å²) in [4.78, 5) is 10.9. The van der Waals surface area contributed by atoms with Crippen molar-refractivity contribution in [1.29, 1.82) is 0 Å². The molecule has 1 aromatic heterocycles. The number of carboxylic acids is 1. The van der Waals surface area contributed by atoms with E-state index < -0.39 is 5.97 Å². The number of rotatable bonds is 13. The zero-order chi connectivity index (χ0) is 17.1. The normalized spacial score (nSPS) is 11.8. The van der Waals surface area contributed by atoms with Gasteiger partial charge in [-0.1, -0.05) is 78.6 Å². The molecular weight excluding hydrogens is 286 g/mol. The van der Waals surface area contributed by atoms with E-state index >= 15 is 0 Å². The summed E-state index contributed by atoms with van der Waals surface area (Å²) in [5, 5.41) is 8.98. The molecule has 0 aliphatic heterocycles. The molecule has 0 atom stereocenters. The van der Waals surface area contributed by atoms with Crippen LogP contribution in [0.4, 0.5) is 0 Å². The molecule has 0 aromatic carbocycles. The molecule has 0 aliphatic carbocycles. The molecule has 0 bridgehead atoms. The molecule has 0 saturated heterocycles. The molecule has 23 heavy (non-hydrogen) atoms. The van der Waals surface area contributed by atoms with E-state index in [1.54, 1.807) is 12.3 Å². The second-order valence-electron chi connectivity index (χ2n) is 7.62. The summed E-state index contributed by atoms with van der Waals surface area (Å²) >= 11 is 0. The summed E-state index contributed by atoms with van der Waals surface area (Å²) < 4.78 is 2.01. The Morgan fingerprint density at radius 1 is 1.04 bits per heavy atom. The molecule has 1 rings (SSSR count). The van der Waals surface area contributed by atoms with Crippen molar-refractivity contribution >= 4 is 5.97 Å². The van der Waals surface area contributed by atoms with E-state index in [4.69, 9.17) is 5.11 Å². The molecule has 132 valence electrons. The van der Waals surface area contributed by atoms with Crippen molar-refractivity contribution in [1.82, 2.24) is 4.57 Å². The van der Waals surface area contributed by atoms with Gasteiger partial charge in [0.2, 0.25) is 0 Å². The van der Waals surface area contributed by atoms with E-state index in [0.29, 0.717) is 5.56 Å². The summed E-state index contributed by atoms with van der Waals surface area (Å²) in [6, 6.07) is 1.68. The molecular formula is C20H35NO2. The highest BCUT2D eigenvalue weighted by Crippen LogP contribution is 2.26. The Morgan fingerprint density at radius 2 is 1.61 bits per heavy atom. The number of aromatic carboxylic acids is 1. The van der Waals surface area contributed by atoms with Gasteiger partial charge in [-0.05, 0) is 17.9 Å². The third-order valence-electron chi connectivity index (χ3n) is 4.57. The highest BCUT2D eigenvalue weighted by Gasteiger charge is 2.18.